The van der Waals surface area contributed by atoms with Crippen LogP contribution in [0.2, 0.25) is 0 Å². The molecule has 0 amide bonds. The lowest BCUT2D eigenvalue weighted by molar-refractivity contribution is 0.484. The van der Waals surface area contributed by atoms with Crippen molar-refractivity contribution in [2.45, 2.75) is 0 Å². The van der Waals surface area contributed by atoms with E-state index in [1.54, 1.807) is 0 Å². The first-order valence-corrected chi connectivity index (χ1v) is 13.6. The molecule has 0 unspecified atom stereocenters. The maximum absolute atomic E-state index is 6.96. The van der Waals surface area contributed by atoms with Crippen molar-refractivity contribution in [2.24, 2.45) is 0 Å². The second-order valence-electron chi connectivity index (χ2n) is 10.1. The molecule has 2 heteroatoms. The smallest absolute Gasteiger partial charge is 0.159 e. The maximum Gasteiger partial charge on any atom is 0.159 e. The highest BCUT2D eigenvalue weighted by molar-refractivity contribution is 6.13. The zero-order valence-corrected chi connectivity index (χ0v) is 21.8. The Kier molecular flexibility index (Phi) is 5.17. The van der Waals surface area contributed by atoms with Crippen LogP contribution in [0, 0.1) is 0 Å². The van der Waals surface area contributed by atoms with Gasteiger partial charge in [0.1, 0.15) is 0 Å². The maximum atomic E-state index is 6.96. The van der Waals surface area contributed by atoms with Crippen molar-refractivity contribution in [1.82, 2.24) is 0 Å². The van der Waals surface area contributed by atoms with Crippen LogP contribution in [0.25, 0.3) is 43.8 Å². The quantitative estimate of drug-likeness (QED) is 0.234. The summed E-state index contributed by atoms with van der Waals surface area (Å²) in [4.78, 5) is 2.38. The summed E-state index contributed by atoms with van der Waals surface area (Å²) in [5, 5.41) is 4.63. The lowest BCUT2D eigenvalue weighted by Crippen LogP contribution is -2.17. The third-order valence-electron chi connectivity index (χ3n) is 7.82. The Bertz CT molecular complexity index is 2020. The van der Waals surface area contributed by atoms with Gasteiger partial charge in [0.2, 0.25) is 0 Å². The fourth-order valence-electron chi connectivity index (χ4n) is 6.04. The van der Waals surface area contributed by atoms with Crippen molar-refractivity contribution in [3.8, 4) is 33.8 Å². The van der Waals surface area contributed by atoms with Gasteiger partial charge in [0, 0.05) is 16.5 Å². The summed E-state index contributed by atoms with van der Waals surface area (Å²) in [6, 6.07) is 53.6. The number of benzene rings is 7. The van der Waals surface area contributed by atoms with Crippen molar-refractivity contribution in [2.75, 3.05) is 4.90 Å². The Balaban J connectivity index is 1.49. The molecule has 0 saturated carbocycles. The largest absolute Gasteiger partial charge is 0.452 e. The van der Waals surface area contributed by atoms with Crippen molar-refractivity contribution >= 4 is 38.6 Å². The molecule has 0 spiro atoms. The molecular formula is C38H25NO. The third kappa shape index (κ3) is 3.50. The van der Waals surface area contributed by atoms with Gasteiger partial charge in [-0.15, -0.1) is 0 Å². The molecule has 0 aromatic heterocycles. The summed E-state index contributed by atoms with van der Waals surface area (Å²) in [7, 11) is 0. The van der Waals surface area contributed by atoms with Crippen LogP contribution in [0.4, 0.5) is 17.1 Å². The van der Waals surface area contributed by atoms with Crippen molar-refractivity contribution in [3.63, 3.8) is 0 Å². The predicted molar refractivity (Wildman–Crippen MR) is 167 cm³/mol. The normalized spacial score (nSPS) is 12.2. The fourth-order valence-corrected chi connectivity index (χ4v) is 6.04. The van der Waals surface area contributed by atoms with E-state index >= 15 is 0 Å². The van der Waals surface area contributed by atoms with Crippen LogP contribution < -0.4 is 9.64 Å². The zero-order chi connectivity index (χ0) is 26.5. The number of nitrogens with zero attached hydrogens (tertiary/aromatic N) is 1. The minimum Gasteiger partial charge on any atom is -0.452 e. The highest BCUT2D eigenvalue weighted by Crippen LogP contribution is 2.57. The van der Waals surface area contributed by atoms with E-state index in [9.17, 15) is 0 Å². The molecule has 1 aliphatic rings. The summed E-state index contributed by atoms with van der Waals surface area (Å²) in [6.45, 7) is 0. The van der Waals surface area contributed by atoms with Crippen LogP contribution in [0.15, 0.2) is 152 Å². The summed E-state index contributed by atoms with van der Waals surface area (Å²) >= 11 is 0. The van der Waals surface area contributed by atoms with Gasteiger partial charge in [-0.2, -0.15) is 0 Å². The SMILES string of the molecule is c1ccc(-c2cc3c(c4ccccc24)Oc2cc(-c4ccccc4)c4ccccc4c2N3c2ccccc2)cc1. The zero-order valence-electron chi connectivity index (χ0n) is 21.8. The molecule has 0 N–H and O–H groups in total. The van der Waals surface area contributed by atoms with E-state index in [0.717, 1.165) is 44.9 Å². The highest BCUT2D eigenvalue weighted by atomic mass is 16.5. The molecule has 7 aromatic rings. The van der Waals surface area contributed by atoms with Gasteiger partial charge in [-0.1, -0.05) is 127 Å². The average molecular weight is 512 g/mol. The van der Waals surface area contributed by atoms with Crippen LogP contribution in [0.5, 0.6) is 11.5 Å². The summed E-state index contributed by atoms with van der Waals surface area (Å²) in [5.41, 5.74) is 7.90. The van der Waals surface area contributed by atoms with Crippen LogP contribution in [-0.2, 0) is 0 Å². The van der Waals surface area contributed by atoms with Gasteiger partial charge in [-0.3, -0.25) is 0 Å². The average Bonchev–Trinajstić information content (AvgIpc) is 3.04. The number of anilines is 3. The first-order valence-electron chi connectivity index (χ1n) is 13.6. The molecule has 0 atom stereocenters. The minimum atomic E-state index is 0.853. The molecule has 0 saturated heterocycles. The Morgan fingerprint density at radius 2 is 0.900 bits per heavy atom. The minimum absolute atomic E-state index is 0.853. The molecule has 1 heterocycles. The molecule has 2 nitrogen and oxygen atoms in total. The number of rotatable bonds is 3. The molecule has 0 bridgehead atoms. The van der Waals surface area contributed by atoms with Gasteiger partial charge in [-0.05, 0) is 57.3 Å². The Morgan fingerprint density at radius 3 is 1.52 bits per heavy atom. The number of fused-ring (bicyclic) bond motifs is 6. The van der Waals surface area contributed by atoms with E-state index in [1.165, 1.54) is 27.5 Å². The molecule has 8 rings (SSSR count). The Hall–Kier alpha value is -5.34. The van der Waals surface area contributed by atoms with Crippen LogP contribution in [-0.4, -0.2) is 0 Å². The molecule has 1 aliphatic heterocycles. The second kappa shape index (κ2) is 9.14. The van der Waals surface area contributed by atoms with Gasteiger partial charge in [0.05, 0.1) is 11.4 Å². The van der Waals surface area contributed by atoms with Crippen LogP contribution in [0.3, 0.4) is 0 Å². The monoisotopic (exact) mass is 511 g/mol. The van der Waals surface area contributed by atoms with Gasteiger partial charge in [-0.25, -0.2) is 0 Å². The fraction of sp³-hybridized carbons (Fsp3) is 0. The van der Waals surface area contributed by atoms with Gasteiger partial charge < -0.3 is 9.64 Å². The highest BCUT2D eigenvalue weighted by Gasteiger charge is 2.31. The molecule has 40 heavy (non-hydrogen) atoms. The van der Waals surface area contributed by atoms with Gasteiger partial charge in [0.15, 0.2) is 11.5 Å². The number of hydrogen-bond donors (Lipinski definition) is 0. The van der Waals surface area contributed by atoms with E-state index in [4.69, 9.17) is 4.74 Å². The first-order chi connectivity index (χ1) is 19.9. The topological polar surface area (TPSA) is 12.5 Å². The van der Waals surface area contributed by atoms with Crippen LogP contribution in [0.1, 0.15) is 0 Å². The summed E-state index contributed by atoms with van der Waals surface area (Å²) in [5.74, 6) is 1.73. The lowest BCUT2D eigenvalue weighted by atomic mass is 9.92. The molecule has 188 valence electrons. The van der Waals surface area contributed by atoms with E-state index in [2.05, 4.69) is 157 Å². The van der Waals surface area contributed by atoms with E-state index < -0.39 is 0 Å². The Morgan fingerprint density at radius 1 is 0.425 bits per heavy atom. The predicted octanol–water partition coefficient (Wildman–Crippen LogP) is 10.9. The van der Waals surface area contributed by atoms with Crippen molar-refractivity contribution in [3.05, 3.63) is 152 Å². The molecule has 0 fully saturated rings. The summed E-state index contributed by atoms with van der Waals surface area (Å²) in [6.07, 6.45) is 0. The van der Waals surface area contributed by atoms with Crippen LogP contribution >= 0.6 is 0 Å². The standard InChI is InChI=1S/C38H25NO/c1-4-14-26(15-5-1)33-24-35-38(32-23-13-11-21-30(32)33)40-36-25-34(27-16-6-2-7-17-27)29-20-10-12-22-31(29)37(36)39(35)28-18-8-3-9-19-28/h1-25H. The molecule has 0 radical (unpaired) electrons. The molecular weight excluding hydrogens is 486 g/mol. The van der Waals surface area contributed by atoms with E-state index in [-0.39, 0.29) is 0 Å². The molecule has 7 aromatic carbocycles. The van der Waals surface area contributed by atoms with E-state index in [1.807, 2.05) is 0 Å². The van der Waals surface area contributed by atoms with Crippen molar-refractivity contribution in [1.29, 1.82) is 0 Å². The lowest BCUT2D eigenvalue weighted by Gasteiger charge is -2.35. The second-order valence-corrected chi connectivity index (χ2v) is 10.1. The van der Waals surface area contributed by atoms with Crippen molar-refractivity contribution < 1.29 is 4.74 Å². The first kappa shape index (κ1) is 22.6. The Labute approximate surface area is 233 Å². The number of para-hydroxylation sites is 1. The van der Waals surface area contributed by atoms with Gasteiger partial charge in [0.25, 0.3) is 0 Å². The molecule has 0 aliphatic carbocycles. The van der Waals surface area contributed by atoms with E-state index in [0.29, 0.717) is 0 Å². The number of hydrogen-bond acceptors (Lipinski definition) is 2. The summed E-state index contributed by atoms with van der Waals surface area (Å²) < 4.78 is 6.96. The van der Waals surface area contributed by atoms with Gasteiger partial charge >= 0.3 is 0 Å². The third-order valence-corrected chi connectivity index (χ3v) is 7.82. The number of ether oxygens (including phenoxy) is 1.